The minimum absolute atomic E-state index is 0.0692. The van der Waals surface area contributed by atoms with Gasteiger partial charge in [-0.1, -0.05) is 77.8 Å². The van der Waals surface area contributed by atoms with E-state index in [0.29, 0.717) is 22.2 Å². The van der Waals surface area contributed by atoms with Crippen LogP contribution in [0.1, 0.15) is 30.5 Å². The summed E-state index contributed by atoms with van der Waals surface area (Å²) in [5.41, 5.74) is 2.95. The predicted molar refractivity (Wildman–Crippen MR) is 141 cm³/mol. The van der Waals surface area contributed by atoms with Gasteiger partial charge in [-0.05, 0) is 55.7 Å². The van der Waals surface area contributed by atoms with Crippen LogP contribution in [0.4, 0.5) is 0 Å². The Bertz CT molecular complexity index is 1150. The third-order valence-electron chi connectivity index (χ3n) is 5.55. The van der Waals surface area contributed by atoms with Crippen LogP contribution >= 0.6 is 23.2 Å². The molecule has 0 saturated heterocycles. The van der Waals surface area contributed by atoms with Crippen molar-refractivity contribution in [3.8, 4) is 5.75 Å². The van der Waals surface area contributed by atoms with E-state index in [1.165, 1.54) is 0 Å². The highest BCUT2D eigenvalue weighted by atomic mass is 35.5. The van der Waals surface area contributed by atoms with Crippen LogP contribution < -0.4 is 10.1 Å². The normalized spacial score (nSPS) is 11.7. The van der Waals surface area contributed by atoms with Crippen molar-refractivity contribution >= 4 is 35.0 Å². The zero-order chi connectivity index (χ0) is 25.4. The van der Waals surface area contributed by atoms with Gasteiger partial charge in [0.15, 0.2) is 6.61 Å². The SMILES string of the molecule is Cc1ccccc1CN(C(=O)COc1ccc(Cl)cc1Cl)C(Cc1ccccc1)C(=O)NC(C)C. The number of hydrogen-bond donors (Lipinski definition) is 1. The van der Waals surface area contributed by atoms with Gasteiger partial charge in [0.1, 0.15) is 11.8 Å². The van der Waals surface area contributed by atoms with Crippen LogP contribution in [0.2, 0.25) is 10.0 Å². The first-order valence-corrected chi connectivity index (χ1v) is 12.3. The summed E-state index contributed by atoms with van der Waals surface area (Å²) in [6.45, 7) is 5.79. The lowest BCUT2D eigenvalue weighted by molar-refractivity contribution is -0.143. The Morgan fingerprint density at radius 3 is 2.31 bits per heavy atom. The summed E-state index contributed by atoms with van der Waals surface area (Å²) in [6.07, 6.45) is 0.374. The van der Waals surface area contributed by atoms with Crippen LogP contribution in [0, 0.1) is 6.92 Å². The Hall–Kier alpha value is -3.02. The van der Waals surface area contributed by atoms with Crippen LogP contribution in [0.15, 0.2) is 72.8 Å². The van der Waals surface area contributed by atoms with E-state index >= 15 is 0 Å². The number of halogens is 2. The fourth-order valence-electron chi connectivity index (χ4n) is 3.72. The molecule has 5 nitrogen and oxygen atoms in total. The molecule has 0 radical (unpaired) electrons. The van der Waals surface area contributed by atoms with E-state index in [1.807, 2.05) is 75.4 Å². The van der Waals surface area contributed by atoms with Gasteiger partial charge >= 0.3 is 0 Å². The summed E-state index contributed by atoms with van der Waals surface area (Å²) in [5, 5.41) is 3.77. The maximum Gasteiger partial charge on any atom is 0.261 e. The Balaban J connectivity index is 1.93. The monoisotopic (exact) mass is 512 g/mol. The van der Waals surface area contributed by atoms with Gasteiger partial charge in [0.25, 0.3) is 5.91 Å². The van der Waals surface area contributed by atoms with Crippen LogP contribution in [-0.4, -0.2) is 35.4 Å². The summed E-state index contributed by atoms with van der Waals surface area (Å²) in [4.78, 5) is 28.5. The number of ether oxygens (including phenoxy) is 1. The van der Waals surface area contributed by atoms with E-state index in [1.54, 1.807) is 23.1 Å². The number of aryl methyl sites for hydroxylation is 1. The second-order valence-electron chi connectivity index (χ2n) is 8.68. The molecule has 0 bridgehead atoms. The number of carbonyl (C=O) groups is 2. The average Bonchev–Trinajstić information content (AvgIpc) is 2.82. The zero-order valence-corrected chi connectivity index (χ0v) is 21.6. The molecule has 3 aromatic carbocycles. The average molecular weight is 513 g/mol. The van der Waals surface area contributed by atoms with Crippen molar-refractivity contribution in [2.75, 3.05) is 6.61 Å². The maximum absolute atomic E-state index is 13.6. The highest BCUT2D eigenvalue weighted by molar-refractivity contribution is 6.35. The number of nitrogens with zero attached hydrogens (tertiary/aromatic N) is 1. The Labute approximate surface area is 217 Å². The van der Waals surface area contributed by atoms with Crippen molar-refractivity contribution in [2.45, 2.75) is 45.8 Å². The molecular weight excluding hydrogens is 483 g/mol. The van der Waals surface area contributed by atoms with Crippen LogP contribution in [0.3, 0.4) is 0 Å². The fraction of sp³-hybridized carbons (Fsp3) is 0.286. The number of carbonyl (C=O) groups excluding carboxylic acids is 2. The summed E-state index contributed by atoms with van der Waals surface area (Å²) < 4.78 is 5.75. The lowest BCUT2D eigenvalue weighted by atomic mass is 10.0. The molecule has 0 aliphatic rings. The van der Waals surface area contributed by atoms with Gasteiger partial charge in [-0.15, -0.1) is 0 Å². The summed E-state index contributed by atoms with van der Waals surface area (Å²) >= 11 is 12.2. The van der Waals surface area contributed by atoms with Crippen LogP contribution in [-0.2, 0) is 22.6 Å². The fourth-order valence-corrected chi connectivity index (χ4v) is 4.18. The predicted octanol–water partition coefficient (Wildman–Crippen LogP) is 5.85. The van der Waals surface area contributed by atoms with Crippen LogP contribution in [0.25, 0.3) is 0 Å². The first-order valence-electron chi connectivity index (χ1n) is 11.5. The molecule has 0 aromatic heterocycles. The molecule has 0 spiro atoms. The van der Waals surface area contributed by atoms with Gasteiger partial charge in [0, 0.05) is 24.0 Å². The second kappa shape index (κ2) is 12.6. The van der Waals surface area contributed by atoms with Crippen molar-refractivity contribution in [1.29, 1.82) is 0 Å². The first kappa shape index (κ1) is 26.6. The van der Waals surface area contributed by atoms with E-state index in [9.17, 15) is 9.59 Å². The Kier molecular flexibility index (Phi) is 9.58. The Morgan fingerprint density at radius 1 is 0.971 bits per heavy atom. The van der Waals surface area contributed by atoms with Gasteiger partial charge in [-0.2, -0.15) is 0 Å². The zero-order valence-electron chi connectivity index (χ0n) is 20.1. The molecule has 184 valence electrons. The lowest BCUT2D eigenvalue weighted by Gasteiger charge is -2.32. The van der Waals surface area contributed by atoms with E-state index in [0.717, 1.165) is 16.7 Å². The molecule has 2 amide bonds. The highest BCUT2D eigenvalue weighted by Crippen LogP contribution is 2.27. The quantitative estimate of drug-likeness (QED) is 0.370. The lowest BCUT2D eigenvalue weighted by Crippen LogP contribution is -2.52. The molecule has 0 saturated carbocycles. The molecule has 0 aliphatic heterocycles. The molecule has 7 heteroatoms. The number of nitrogens with one attached hydrogen (secondary N) is 1. The molecule has 0 heterocycles. The molecule has 1 atom stereocenters. The standard InChI is InChI=1S/C28H30Cl2N2O3/c1-19(2)31-28(34)25(15-21-10-5-4-6-11-21)32(17-22-12-8-7-9-20(22)3)27(33)18-35-26-14-13-23(29)16-24(26)30/h4-14,16,19,25H,15,17-18H2,1-3H3,(H,31,34). The van der Waals surface area contributed by atoms with Gasteiger partial charge in [-0.25, -0.2) is 0 Å². The number of benzene rings is 3. The molecule has 3 aromatic rings. The third kappa shape index (κ3) is 7.74. The molecule has 0 fully saturated rings. The van der Waals surface area contributed by atoms with Crippen molar-refractivity contribution in [3.05, 3.63) is 99.5 Å². The molecule has 35 heavy (non-hydrogen) atoms. The second-order valence-corrected chi connectivity index (χ2v) is 9.52. The third-order valence-corrected chi connectivity index (χ3v) is 6.08. The largest absolute Gasteiger partial charge is 0.482 e. The molecule has 3 rings (SSSR count). The minimum Gasteiger partial charge on any atom is -0.482 e. The number of hydrogen-bond acceptors (Lipinski definition) is 3. The molecular formula is C28H30Cl2N2O3. The highest BCUT2D eigenvalue weighted by Gasteiger charge is 2.31. The van der Waals surface area contributed by atoms with Crippen molar-refractivity contribution in [3.63, 3.8) is 0 Å². The summed E-state index contributed by atoms with van der Waals surface area (Å²) in [5.74, 6) is -0.180. The van der Waals surface area contributed by atoms with Gasteiger partial charge in [-0.3, -0.25) is 9.59 Å². The summed E-state index contributed by atoms with van der Waals surface area (Å²) in [7, 11) is 0. The van der Waals surface area contributed by atoms with E-state index in [-0.39, 0.29) is 31.0 Å². The van der Waals surface area contributed by atoms with E-state index in [4.69, 9.17) is 27.9 Å². The van der Waals surface area contributed by atoms with Crippen LogP contribution in [0.5, 0.6) is 5.75 Å². The smallest absolute Gasteiger partial charge is 0.261 e. The molecule has 0 aliphatic carbocycles. The number of amides is 2. The Morgan fingerprint density at radius 2 is 1.66 bits per heavy atom. The van der Waals surface area contributed by atoms with Gasteiger partial charge < -0.3 is 15.0 Å². The maximum atomic E-state index is 13.6. The van der Waals surface area contributed by atoms with E-state index < -0.39 is 6.04 Å². The molecule has 1 N–H and O–H groups in total. The molecule has 1 unspecified atom stereocenters. The number of rotatable bonds is 10. The summed E-state index contributed by atoms with van der Waals surface area (Å²) in [6, 6.07) is 21.5. The minimum atomic E-state index is -0.726. The van der Waals surface area contributed by atoms with E-state index in [2.05, 4.69) is 5.32 Å². The van der Waals surface area contributed by atoms with Crippen molar-refractivity contribution in [1.82, 2.24) is 10.2 Å². The van der Waals surface area contributed by atoms with Crippen molar-refractivity contribution in [2.24, 2.45) is 0 Å². The van der Waals surface area contributed by atoms with Gasteiger partial charge in [0.2, 0.25) is 5.91 Å². The topological polar surface area (TPSA) is 58.6 Å². The van der Waals surface area contributed by atoms with Gasteiger partial charge in [0.05, 0.1) is 5.02 Å². The first-order chi connectivity index (χ1) is 16.7. The van der Waals surface area contributed by atoms with Crippen molar-refractivity contribution < 1.29 is 14.3 Å².